The summed E-state index contributed by atoms with van der Waals surface area (Å²) in [4.78, 5) is 0. The van der Waals surface area contributed by atoms with Crippen LogP contribution in [0.1, 0.15) is 6.42 Å². The van der Waals surface area contributed by atoms with Crippen molar-refractivity contribution in [3.05, 3.63) is 0 Å². The molecule has 1 nitrogen and oxygen atoms in total. The summed E-state index contributed by atoms with van der Waals surface area (Å²) in [6, 6.07) is 0. The van der Waals surface area contributed by atoms with E-state index in [9.17, 15) is 13.2 Å². The molecule has 1 saturated heterocycles. The molecule has 1 aliphatic heterocycles. The molecule has 0 spiro atoms. The number of fused-ring (bicyclic) bond motifs is 1. The van der Waals surface area contributed by atoms with Crippen LogP contribution in [-0.4, -0.2) is 19.3 Å². The van der Waals surface area contributed by atoms with E-state index >= 15 is 0 Å². The van der Waals surface area contributed by atoms with Crippen LogP contribution >= 0.6 is 0 Å². The Kier molecular flexibility index (Phi) is 0.966. The van der Waals surface area contributed by atoms with Crippen LogP contribution < -0.4 is 5.32 Å². The first-order valence-electron chi connectivity index (χ1n) is 3.34. The third-order valence-electron chi connectivity index (χ3n) is 2.63. The van der Waals surface area contributed by atoms with Gasteiger partial charge >= 0.3 is 6.18 Å². The molecular weight excluding hydrogens is 143 g/mol. The van der Waals surface area contributed by atoms with Crippen molar-refractivity contribution < 1.29 is 13.2 Å². The molecule has 2 aliphatic rings. The van der Waals surface area contributed by atoms with Gasteiger partial charge in [0.1, 0.15) is 0 Å². The van der Waals surface area contributed by atoms with Crippen LogP contribution in [0.3, 0.4) is 0 Å². The zero-order valence-electron chi connectivity index (χ0n) is 5.33. The van der Waals surface area contributed by atoms with Crippen molar-refractivity contribution >= 4 is 0 Å². The summed E-state index contributed by atoms with van der Waals surface area (Å²) in [6.07, 6.45) is -3.62. The first-order chi connectivity index (χ1) is 4.56. The third-order valence-corrected chi connectivity index (χ3v) is 2.63. The quantitative estimate of drug-likeness (QED) is 0.547. The Bertz CT molecular complexity index is 165. The van der Waals surface area contributed by atoms with Crippen LogP contribution in [0.2, 0.25) is 0 Å². The molecule has 0 aromatic rings. The summed E-state index contributed by atoms with van der Waals surface area (Å²) >= 11 is 0. The summed E-state index contributed by atoms with van der Waals surface area (Å²) in [5.74, 6) is -0.118. The van der Waals surface area contributed by atoms with Crippen LogP contribution in [0.25, 0.3) is 0 Å². The van der Waals surface area contributed by atoms with E-state index in [1.165, 1.54) is 0 Å². The van der Waals surface area contributed by atoms with E-state index in [-0.39, 0.29) is 12.5 Å². The van der Waals surface area contributed by atoms with E-state index in [4.69, 9.17) is 0 Å². The van der Waals surface area contributed by atoms with Crippen molar-refractivity contribution in [3.63, 3.8) is 0 Å². The van der Waals surface area contributed by atoms with Crippen molar-refractivity contribution in [2.45, 2.75) is 12.6 Å². The van der Waals surface area contributed by atoms with E-state index in [1.807, 2.05) is 0 Å². The number of hydrogen-bond acceptors (Lipinski definition) is 1. The average Bonchev–Trinajstić information content (AvgIpc) is 2.36. The van der Waals surface area contributed by atoms with Gasteiger partial charge in [0.25, 0.3) is 0 Å². The van der Waals surface area contributed by atoms with E-state index in [0.717, 1.165) is 0 Å². The number of hydrogen-bond donors (Lipinski definition) is 1. The minimum Gasteiger partial charge on any atom is -0.316 e. The monoisotopic (exact) mass is 151 g/mol. The summed E-state index contributed by atoms with van der Waals surface area (Å²) in [5.41, 5.74) is -1.31. The number of rotatable bonds is 0. The van der Waals surface area contributed by atoms with E-state index in [0.29, 0.717) is 13.0 Å². The van der Waals surface area contributed by atoms with Crippen molar-refractivity contribution in [1.29, 1.82) is 0 Å². The van der Waals surface area contributed by atoms with Gasteiger partial charge < -0.3 is 5.32 Å². The molecule has 0 aromatic carbocycles. The van der Waals surface area contributed by atoms with Crippen molar-refractivity contribution in [2.24, 2.45) is 11.3 Å². The Morgan fingerprint density at radius 3 is 2.30 bits per heavy atom. The zero-order valence-corrected chi connectivity index (χ0v) is 5.33. The average molecular weight is 151 g/mol. The molecule has 0 radical (unpaired) electrons. The van der Waals surface area contributed by atoms with Crippen molar-refractivity contribution in [1.82, 2.24) is 5.32 Å². The molecule has 58 valence electrons. The first kappa shape index (κ1) is 6.46. The van der Waals surface area contributed by atoms with Crippen LogP contribution in [0.4, 0.5) is 13.2 Å². The van der Waals surface area contributed by atoms with Crippen LogP contribution in [0.15, 0.2) is 0 Å². The molecule has 0 amide bonds. The van der Waals surface area contributed by atoms with Crippen LogP contribution in [-0.2, 0) is 0 Å². The highest BCUT2D eigenvalue weighted by Crippen LogP contribution is 2.63. The minimum atomic E-state index is -3.97. The Balaban J connectivity index is 2.18. The SMILES string of the molecule is FC(F)(F)[C@]12CNC[C@H]1C2. The standard InChI is InChI=1S/C6H8F3N/c7-6(8,9)5-1-4(5)2-10-3-5/h4,10H,1-3H2/t4-,5-/m1/s1. The predicted molar refractivity (Wildman–Crippen MR) is 29.5 cm³/mol. The topological polar surface area (TPSA) is 12.0 Å². The van der Waals surface area contributed by atoms with Gasteiger partial charge in [0.05, 0.1) is 5.41 Å². The fourth-order valence-electron chi connectivity index (χ4n) is 1.78. The Morgan fingerprint density at radius 2 is 2.10 bits per heavy atom. The fraction of sp³-hybridized carbons (Fsp3) is 1.00. The van der Waals surface area contributed by atoms with E-state index in [1.54, 1.807) is 0 Å². The molecule has 1 heterocycles. The molecular formula is C6H8F3N. The fourth-order valence-corrected chi connectivity index (χ4v) is 1.78. The molecule has 10 heavy (non-hydrogen) atoms. The first-order valence-corrected chi connectivity index (χ1v) is 3.34. The van der Waals surface area contributed by atoms with Gasteiger partial charge in [-0.15, -0.1) is 0 Å². The lowest BCUT2D eigenvalue weighted by Crippen LogP contribution is -2.30. The summed E-state index contributed by atoms with van der Waals surface area (Å²) in [6.45, 7) is 0.695. The molecule has 0 bridgehead atoms. The number of alkyl halides is 3. The maximum Gasteiger partial charge on any atom is 0.396 e. The lowest BCUT2D eigenvalue weighted by atomic mass is 10.1. The highest BCUT2D eigenvalue weighted by Gasteiger charge is 2.72. The summed E-state index contributed by atoms with van der Waals surface area (Å²) in [5, 5.41) is 2.75. The number of nitrogens with one attached hydrogen (secondary N) is 1. The Hall–Kier alpha value is -0.250. The molecule has 4 heteroatoms. The molecule has 2 rings (SSSR count). The lowest BCUT2D eigenvalue weighted by Gasteiger charge is -2.15. The normalized spacial score (nSPS) is 45.3. The highest BCUT2D eigenvalue weighted by atomic mass is 19.4. The maximum atomic E-state index is 12.1. The molecule has 2 fully saturated rings. The predicted octanol–water partition coefficient (Wildman–Crippen LogP) is 1.16. The minimum absolute atomic E-state index is 0.118. The van der Waals surface area contributed by atoms with Gasteiger partial charge in [0, 0.05) is 6.54 Å². The Morgan fingerprint density at radius 1 is 1.40 bits per heavy atom. The second-order valence-corrected chi connectivity index (χ2v) is 3.19. The molecule has 1 N–H and O–H groups in total. The Labute approximate surface area is 56.6 Å². The van der Waals surface area contributed by atoms with E-state index in [2.05, 4.69) is 5.32 Å². The van der Waals surface area contributed by atoms with Crippen molar-refractivity contribution in [3.8, 4) is 0 Å². The largest absolute Gasteiger partial charge is 0.396 e. The highest BCUT2D eigenvalue weighted by molar-refractivity contribution is 5.13. The van der Waals surface area contributed by atoms with Gasteiger partial charge in [-0.05, 0) is 18.9 Å². The van der Waals surface area contributed by atoms with Crippen LogP contribution in [0, 0.1) is 11.3 Å². The van der Waals surface area contributed by atoms with Gasteiger partial charge in [-0.2, -0.15) is 13.2 Å². The zero-order chi connectivity index (χ0) is 7.41. The summed E-state index contributed by atoms with van der Waals surface area (Å²) in [7, 11) is 0. The smallest absolute Gasteiger partial charge is 0.316 e. The van der Waals surface area contributed by atoms with Gasteiger partial charge in [-0.25, -0.2) is 0 Å². The van der Waals surface area contributed by atoms with Gasteiger partial charge in [0.2, 0.25) is 0 Å². The number of halogens is 3. The van der Waals surface area contributed by atoms with Gasteiger partial charge in [0.15, 0.2) is 0 Å². The van der Waals surface area contributed by atoms with E-state index < -0.39 is 11.6 Å². The molecule has 0 unspecified atom stereocenters. The summed E-state index contributed by atoms with van der Waals surface area (Å²) < 4.78 is 36.4. The third kappa shape index (κ3) is 0.576. The second kappa shape index (κ2) is 1.49. The van der Waals surface area contributed by atoms with Gasteiger partial charge in [-0.3, -0.25) is 0 Å². The maximum absolute atomic E-state index is 12.1. The molecule has 0 aromatic heterocycles. The molecule has 1 saturated carbocycles. The van der Waals surface area contributed by atoms with Gasteiger partial charge in [-0.1, -0.05) is 0 Å². The number of piperidine rings is 1. The lowest BCUT2D eigenvalue weighted by molar-refractivity contribution is -0.185. The molecule has 1 aliphatic carbocycles. The van der Waals surface area contributed by atoms with Crippen LogP contribution in [0.5, 0.6) is 0 Å². The second-order valence-electron chi connectivity index (χ2n) is 3.19. The van der Waals surface area contributed by atoms with Crippen molar-refractivity contribution in [2.75, 3.05) is 13.1 Å². The molecule has 2 atom stereocenters.